The zero-order valence-corrected chi connectivity index (χ0v) is 54.9. The molecule has 19 rings (SSSR count). The van der Waals surface area contributed by atoms with E-state index in [-0.39, 0.29) is 12.4 Å². The molecule has 4 heterocycles. The molecule has 0 saturated carbocycles. The minimum atomic E-state index is -0.687. The van der Waals surface area contributed by atoms with Crippen molar-refractivity contribution in [2.75, 3.05) is 24.5 Å². The molecular formula is C90H59B2F2N5S. The monoisotopic (exact) mass is 1300 g/mol. The van der Waals surface area contributed by atoms with Gasteiger partial charge in [-0.15, -0.1) is 0 Å². The third-order valence-electron chi connectivity index (χ3n) is 20.1. The average molecular weight is 1300 g/mol. The Morgan fingerprint density at radius 1 is 0.270 bits per heavy atom. The first-order valence-electron chi connectivity index (χ1n) is 33.9. The van der Waals surface area contributed by atoms with Crippen molar-refractivity contribution >= 4 is 143 Å². The lowest BCUT2D eigenvalue weighted by Crippen LogP contribution is -2.64. The van der Waals surface area contributed by atoms with E-state index in [9.17, 15) is 0 Å². The van der Waals surface area contributed by atoms with Gasteiger partial charge < -0.3 is 24.5 Å². The van der Waals surface area contributed by atoms with Crippen molar-refractivity contribution in [2.24, 2.45) is 0 Å². The number of fused-ring (bicyclic) bond motifs is 8. The van der Waals surface area contributed by atoms with E-state index in [0.29, 0.717) is 11.1 Å². The first kappa shape index (κ1) is 58.9. The molecule has 0 fully saturated rings. The quantitative estimate of drug-likeness (QED) is 0.113. The van der Waals surface area contributed by atoms with E-state index in [2.05, 4.69) is 340 Å². The highest BCUT2D eigenvalue weighted by molar-refractivity contribution is 8.00. The number of rotatable bonds is 12. The Balaban J connectivity index is 0.937. The first-order chi connectivity index (χ1) is 49.5. The second kappa shape index (κ2) is 24.3. The van der Waals surface area contributed by atoms with Crippen molar-refractivity contribution in [1.29, 1.82) is 0 Å². The van der Waals surface area contributed by atoms with Crippen LogP contribution in [0.5, 0.6) is 0 Å². The van der Waals surface area contributed by atoms with Crippen molar-refractivity contribution in [1.82, 2.24) is 0 Å². The third-order valence-corrected chi connectivity index (χ3v) is 21.2. The minimum absolute atomic E-state index is 0.241. The van der Waals surface area contributed by atoms with Gasteiger partial charge in [0.05, 0.1) is 22.7 Å². The second-order valence-electron chi connectivity index (χ2n) is 25.7. The van der Waals surface area contributed by atoms with E-state index >= 15 is 8.78 Å². The van der Waals surface area contributed by atoms with E-state index in [1.165, 1.54) is 17.0 Å². The normalized spacial score (nSPS) is 12.8. The molecule has 15 aromatic rings. The summed E-state index contributed by atoms with van der Waals surface area (Å²) >= 11 is 1.76. The van der Waals surface area contributed by atoms with Gasteiger partial charge in [-0.1, -0.05) is 260 Å². The highest BCUT2D eigenvalue weighted by Gasteiger charge is 2.49. The van der Waals surface area contributed by atoms with Crippen LogP contribution in [-0.4, -0.2) is 13.4 Å². The molecule has 100 heavy (non-hydrogen) atoms. The van der Waals surface area contributed by atoms with Gasteiger partial charge in [-0.25, -0.2) is 8.78 Å². The van der Waals surface area contributed by atoms with Gasteiger partial charge >= 0.3 is 0 Å². The van der Waals surface area contributed by atoms with Gasteiger partial charge in [0.25, 0.3) is 6.71 Å². The minimum Gasteiger partial charge on any atom is -0.311 e. The number of benzene rings is 15. The summed E-state index contributed by atoms with van der Waals surface area (Å²) < 4.78 is 35.6. The van der Waals surface area contributed by atoms with Crippen LogP contribution in [0.15, 0.2) is 368 Å². The topological polar surface area (TPSA) is 16.2 Å². The highest BCUT2D eigenvalue weighted by atomic mass is 32.2. The Morgan fingerprint density at radius 3 is 1.31 bits per heavy atom. The van der Waals surface area contributed by atoms with Gasteiger partial charge in [0.1, 0.15) is 5.82 Å². The van der Waals surface area contributed by atoms with E-state index in [1.54, 1.807) is 11.8 Å². The highest BCUT2D eigenvalue weighted by Crippen LogP contribution is 2.54. The second-order valence-corrected chi connectivity index (χ2v) is 26.8. The Morgan fingerprint density at radius 2 is 0.710 bits per heavy atom. The predicted octanol–water partition coefficient (Wildman–Crippen LogP) is 20.8. The molecule has 4 aliphatic rings. The maximum Gasteiger partial charge on any atom is 0.252 e. The summed E-state index contributed by atoms with van der Waals surface area (Å²) in [5.41, 5.74) is 25.7. The Labute approximate surface area is 585 Å². The van der Waals surface area contributed by atoms with E-state index in [0.717, 1.165) is 140 Å². The van der Waals surface area contributed by atoms with Crippen LogP contribution >= 0.6 is 11.8 Å². The van der Waals surface area contributed by atoms with E-state index in [4.69, 9.17) is 0 Å². The molecule has 470 valence electrons. The van der Waals surface area contributed by atoms with Crippen LogP contribution in [-0.2, 0) is 0 Å². The van der Waals surface area contributed by atoms with Gasteiger partial charge in [-0.05, 0) is 153 Å². The molecule has 0 atom stereocenters. The molecule has 10 heteroatoms. The molecule has 0 saturated heterocycles. The van der Waals surface area contributed by atoms with Gasteiger partial charge in [0, 0.05) is 95.1 Å². The molecule has 5 nitrogen and oxygen atoms in total. The fourth-order valence-electron chi connectivity index (χ4n) is 16.0. The van der Waals surface area contributed by atoms with Crippen LogP contribution in [0.1, 0.15) is 0 Å². The largest absolute Gasteiger partial charge is 0.311 e. The third kappa shape index (κ3) is 9.69. The summed E-state index contributed by atoms with van der Waals surface area (Å²) in [6.45, 7) is -0.648. The number of anilines is 15. The molecule has 0 amide bonds. The average Bonchev–Trinajstić information content (AvgIpc) is 0.687. The molecule has 4 aliphatic heterocycles. The number of para-hydroxylation sites is 8. The Hall–Kier alpha value is -12.4. The molecule has 0 aromatic heterocycles. The van der Waals surface area contributed by atoms with Crippen LogP contribution in [0.3, 0.4) is 0 Å². The van der Waals surface area contributed by atoms with Crippen molar-refractivity contribution in [3.05, 3.63) is 370 Å². The predicted molar refractivity (Wildman–Crippen MR) is 416 cm³/mol. The van der Waals surface area contributed by atoms with Gasteiger partial charge in [0.2, 0.25) is 6.71 Å². The molecule has 0 radical (unpaired) electrons. The number of nitrogens with zero attached hydrogens (tertiary/aromatic N) is 5. The van der Waals surface area contributed by atoms with Crippen molar-refractivity contribution in [3.63, 3.8) is 0 Å². The Bertz CT molecular complexity index is 5620. The SMILES string of the molecule is Fc1cc(F)c(N2c3cc4c(cc3B3c5ccccc5N(c5ccccc5-c5ccccc5)c5cc(N(c6ccccc6)c6ccccc6-c6ccccc6)cc2c53)B2c3ccccc3N(c3ccccc3)c3cc(N(c5ccccc5)c5ccccc5)cc(c32)S4)c(-c2ccccc2)c1. The lowest BCUT2D eigenvalue weighted by Gasteiger charge is -2.46. The maximum absolute atomic E-state index is 18.8. The standard InChI is InChI=1S/C90H59B2F2N5S/c93-63-52-72(62-34-12-3-13-35-62)90(77(94)53-63)99-82-59-86-76(92-73-46-24-28-50-80(73)97(67-42-20-7-21-43-67)85-56-69(57-87(100-86)89(85)92)95(64-36-14-4-15-37-64)65-38-16-5-17-39-65)58-75(82)91-74-47-25-29-51-81(74)98(79-49-27-23-45-71(79)61-32-10-2-11-33-61)83-54-68(55-84(99)88(83)91)96(66-40-18-6-19-41-66)78-48-26-22-44-70(78)60-30-8-1-9-31-60/h1-59H. The van der Waals surface area contributed by atoms with Crippen molar-refractivity contribution < 1.29 is 8.78 Å². The zero-order chi connectivity index (χ0) is 66.4. The van der Waals surface area contributed by atoms with Gasteiger partial charge in [-0.3, -0.25) is 0 Å². The lowest BCUT2D eigenvalue weighted by molar-refractivity contribution is 0.585. The fourth-order valence-corrected chi connectivity index (χ4v) is 17.2. The van der Waals surface area contributed by atoms with E-state index < -0.39 is 18.3 Å². The molecule has 0 bridgehead atoms. The zero-order valence-electron chi connectivity index (χ0n) is 54.1. The van der Waals surface area contributed by atoms with Crippen molar-refractivity contribution in [3.8, 4) is 33.4 Å². The fraction of sp³-hybridized carbons (Fsp3) is 0. The first-order valence-corrected chi connectivity index (χ1v) is 34.7. The lowest BCUT2D eigenvalue weighted by atomic mass is 9.31. The molecular weight excluding hydrogens is 1240 g/mol. The summed E-state index contributed by atoms with van der Waals surface area (Å²) in [6, 6.07) is 125. The number of hydrogen-bond acceptors (Lipinski definition) is 6. The van der Waals surface area contributed by atoms with Crippen LogP contribution in [0, 0.1) is 11.6 Å². The van der Waals surface area contributed by atoms with Crippen LogP contribution in [0.4, 0.5) is 94.1 Å². The van der Waals surface area contributed by atoms with E-state index in [1.807, 2.05) is 30.3 Å². The molecule has 0 unspecified atom stereocenters. The molecule has 15 aromatic carbocycles. The maximum atomic E-state index is 18.8. The summed E-state index contributed by atoms with van der Waals surface area (Å²) in [7, 11) is 0. The Kier molecular flexibility index (Phi) is 14.3. The van der Waals surface area contributed by atoms with Crippen LogP contribution in [0.25, 0.3) is 33.4 Å². The molecule has 0 aliphatic carbocycles. The smallest absolute Gasteiger partial charge is 0.252 e. The van der Waals surface area contributed by atoms with Crippen molar-refractivity contribution in [2.45, 2.75) is 9.79 Å². The summed E-state index contributed by atoms with van der Waals surface area (Å²) in [4.78, 5) is 13.9. The van der Waals surface area contributed by atoms with Gasteiger partial charge in [-0.2, -0.15) is 0 Å². The van der Waals surface area contributed by atoms with Crippen LogP contribution < -0.4 is 57.3 Å². The number of hydrogen-bond donors (Lipinski definition) is 0. The summed E-state index contributed by atoms with van der Waals surface area (Å²) in [5, 5.41) is 0. The summed E-state index contributed by atoms with van der Waals surface area (Å²) in [6.07, 6.45) is 0. The van der Waals surface area contributed by atoms with Crippen LogP contribution in [0.2, 0.25) is 0 Å². The van der Waals surface area contributed by atoms with Gasteiger partial charge in [0.15, 0.2) is 5.82 Å². The molecule has 0 spiro atoms. The molecule has 0 N–H and O–H groups in total. The summed E-state index contributed by atoms with van der Waals surface area (Å²) in [5.74, 6) is -1.35. The number of halogens is 2.